The van der Waals surface area contributed by atoms with Crippen LogP contribution >= 0.6 is 0 Å². The molecule has 3 heteroatoms. The van der Waals surface area contributed by atoms with Crippen molar-refractivity contribution in [3.8, 4) is 0 Å². The van der Waals surface area contributed by atoms with E-state index in [1.165, 1.54) is 11.1 Å². The first-order valence-electron chi connectivity index (χ1n) is 7.50. The van der Waals surface area contributed by atoms with Crippen LogP contribution in [0.15, 0.2) is 24.3 Å². The monoisotopic (exact) mass is 276 g/mol. The molecular weight excluding hydrogens is 248 g/mol. The SMILES string of the molecule is CCC(Cc1ccc(C)cc1)N(C)C(=O)CCC(C)N. The molecule has 0 saturated heterocycles. The van der Waals surface area contributed by atoms with Gasteiger partial charge in [0.15, 0.2) is 0 Å². The number of hydrogen-bond acceptors (Lipinski definition) is 2. The molecular formula is C17H28N2O. The zero-order valence-corrected chi connectivity index (χ0v) is 13.2. The number of carbonyl (C=O) groups excluding carboxylic acids is 1. The minimum Gasteiger partial charge on any atom is -0.342 e. The standard InChI is InChI=1S/C17H28N2O/c1-5-16(12-15-9-6-13(2)7-10-15)19(4)17(20)11-8-14(3)18/h6-7,9-10,14,16H,5,8,11-12,18H2,1-4H3. The van der Waals surface area contributed by atoms with Crippen molar-refractivity contribution in [3.63, 3.8) is 0 Å². The van der Waals surface area contributed by atoms with E-state index in [1.807, 2.05) is 18.9 Å². The molecule has 0 aliphatic rings. The van der Waals surface area contributed by atoms with E-state index in [0.29, 0.717) is 6.42 Å². The van der Waals surface area contributed by atoms with Crippen LogP contribution < -0.4 is 5.73 Å². The molecule has 0 saturated carbocycles. The smallest absolute Gasteiger partial charge is 0.222 e. The molecule has 2 unspecified atom stereocenters. The van der Waals surface area contributed by atoms with Gasteiger partial charge < -0.3 is 10.6 Å². The summed E-state index contributed by atoms with van der Waals surface area (Å²) in [7, 11) is 1.91. The first kappa shape index (κ1) is 16.7. The summed E-state index contributed by atoms with van der Waals surface area (Å²) in [4.78, 5) is 14.1. The second kappa shape index (κ2) is 8.05. The average Bonchev–Trinajstić information content (AvgIpc) is 2.43. The van der Waals surface area contributed by atoms with Gasteiger partial charge in [-0.25, -0.2) is 0 Å². The average molecular weight is 276 g/mol. The number of benzene rings is 1. The van der Waals surface area contributed by atoms with Crippen molar-refractivity contribution < 1.29 is 4.79 Å². The van der Waals surface area contributed by atoms with Gasteiger partial charge in [-0.3, -0.25) is 4.79 Å². The quantitative estimate of drug-likeness (QED) is 0.832. The summed E-state index contributed by atoms with van der Waals surface area (Å²) in [6.45, 7) is 6.16. The van der Waals surface area contributed by atoms with Crippen LogP contribution in [0.2, 0.25) is 0 Å². The highest BCUT2D eigenvalue weighted by Gasteiger charge is 2.18. The molecule has 1 aromatic carbocycles. The van der Waals surface area contributed by atoms with E-state index in [0.717, 1.165) is 19.3 Å². The van der Waals surface area contributed by atoms with Crippen molar-refractivity contribution >= 4 is 5.91 Å². The van der Waals surface area contributed by atoms with Gasteiger partial charge in [0, 0.05) is 25.6 Å². The zero-order valence-electron chi connectivity index (χ0n) is 13.2. The Balaban J connectivity index is 2.60. The highest BCUT2D eigenvalue weighted by molar-refractivity contribution is 5.76. The van der Waals surface area contributed by atoms with Gasteiger partial charge in [0.1, 0.15) is 0 Å². The lowest BCUT2D eigenvalue weighted by Crippen LogP contribution is -2.38. The van der Waals surface area contributed by atoms with E-state index in [4.69, 9.17) is 5.73 Å². The molecule has 1 rings (SSSR count). The van der Waals surface area contributed by atoms with Crippen molar-refractivity contribution in [2.75, 3.05) is 7.05 Å². The van der Waals surface area contributed by atoms with Crippen LogP contribution in [-0.4, -0.2) is 29.9 Å². The molecule has 0 aromatic heterocycles. The minimum atomic E-state index is 0.0875. The number of rotatable bonds is 7. The van der Waals surface area contributed by atoms with Crippen molar-refractivity contribution in [2.24, 2.45) is 5.73 Å². The van der Waals surface area contributed by atoms with Crippen LogP contribution in [-0.2, 0) is 11.2 Å². The summed E-state index contributed by atoms with van der Waals surface area (Å²) < 4.78 is 0. The van der Waals surface area contributed by atoms with E-state index in [1.54, 1.807) is 0 Å². The number of hydrogen-bond donors (Lipinski definition) is 1. The predicted molar refractivity (Wildman–Crippen MR) is 84.6 cm³/mol. The third kappa shape index (κ3) is 5.33. The van der Waals surface area contributed by atoms with Crippen LogP contribution in [0.4, 0.5) is 0 Å². The highest BCUT2D eigenvalue weighted by atomic mass is 16.2. The van der Waals surface area contributed by atoms with Gasteiger partial charge in [0.25, 0.3) is 0 Å². The molecule has 2 N–H and O–H groups in total. The second-order valence-corrected chi connectivity index (χ2v) is 5.77. The Hall–Kier alpha value is -1.35. The predicted octanol–water partition coefficient (Wildman–Crippen LogP) is 2.90. The lowest BCUT2D eigenvalue weighted by Gasteiger charge is -2.28. The van der Waals surface area contributed by atoms with Crippen LogP contribution in [0, 0.1) is 6.92 Å². The van der Waals surface area contributed by atoms with Crippen LogP contribution in [0.25, 0.3) is 0 Å². The third-order valence-electron chi connectivity index (χ3n) is 3.82. The normalized spacial score (nSPS) is 13.8. The molecule has 20 heavy (non-hydrogen) atoms. The zero-order chi connectivity index (χ0) is 15.1. The molecule has 0 bridgehead atoms. The highest BCUT2D eigenvalue weighted by Crippen LogP contribution is 2.13. The van der Waals surface area contributed by atoms with Gasteiger partial charge in [-0.15, -0.1) is 0 Å². The van der Waals surface area contributed by atoms with E-state index < -0.39 is 0 Å². The summed E-state index contributed by atoms with van der Waals surface area (Å²) in [5, 5.41) is 0. The van der Waals surface area contributed by atoms with Gasteiger partial charge in [0.05, 0.1) is 0 Å². The Labute approximate surface area is 123 Å². The Bertz CT molecular complexity index is 412. The lowest BCUT2D eigenvalue weighted by atomic mass is 10.0. The molecule has 1 aromatic rings. The van der Waals surface area contributed by atoms with E-state index in [9.17, 15) is 4.79 Å². The number of amides is 1. The van der Waals surface area contributed by atoms with Crippen molar-refractivity contribution in [1.82, 2.24) is 4.90 Å². The topological polar surface area (TPSA) is 46.3 Å². The molecule has 0 aliphatic carbocycles. The van der Waals surface area contributed by atoms with Gasteiger partial charge in [-0.2, -0.15) is 0 Å². The number of nitrogens with zero attached hydrogens (tertiary/aromatic N) is 1. The fourth-order valence-corrected chi connectivity index (χ4v) is 2.28. The molecule has 112 valence electrons. The number of aryl methyl sites for hydroxylation is 1. The maximum Gasteiger partial charge on any atom is 0.222 e. The van der Waals surface area contributed by atoms with Crippen molar-refractivity contribution in [1.29, 1.82) is 0 Å². The van der Waals surface area contributed by atoms with E-state index in [-0.39, 0.29) is 18.0 Å². The largest absolute Gasteiger partial charge is 0.342 e. The van der Waals surface area contributed by atoms with Crippen LogP contribution in [0.5, 0.6) is 0 Å². The first-order valence-corrected chi connectivity index (χ1v) is 7.50. The second-order valence-electron chi connectivity index (χ2n) is 5.77. The molecule has 0 heterocycles. The summed E-state index contributed by atoms with van der Waals surface area (Å²) in [6.07, 6.45) is 3.17. The maximum absolute atomic E-state index is 12.2. The van der Waals surface area contributed by atoms with Crippen molar-refractivity contribution in [2.45, 2.75) is 58.5 Å². The molecule has 2 atom stereocenters. The molecule has 0 spiro atoms. The van der Waals surface area contributed by atoms with Crippen molar-refractivity contribution in [3.05, 3.63) is 35.4 Å². The lowest BCUT2D eigenvalue weighted by molar-refractivity contribution is -0.132. The Morgan fingerprint density at radius 1 is 1.30 bits per heavy atom. The molecule has 0 fully saturated rings. The number of nitrogens with two attached hydrogens (primary N) is 1. The third-order valence-corrected chi connectivity index (χ3v) is 3.82. The Morgan fingerprint density at radius 3 is 2.40 bits per heavy atom. The summed E-state index contributed by atoms with van der Waals surface area (Å²) in [5.74, 6) is 0.196. The van der Waals surface area contributed by atoms with Gasteiger partial charge in [-0.1, -0.05) is 36.8 Å². The molecule has 3 nitrogen and oxygen atoms in total. The number of carbonyl (C=O) groups is 1. The molecule has 1 amide bonds. The van der Waals surface area contributed by atoms with E-state index >= 15 is 0 Å². The van der Waals surface area contributed by atoms with Gasteiger partial charge in [0.2, 0.25) is 5.91 Å². The maximum atomic E-state index is 12.2. The number of likely N-dealkylation sites (N-methyl/N-ethyl adjacent to an activating group) is 1. The Kier molecular flexibility index (Phi) is 6.73. The van der Waals surface area contributed by atoms with Crippen LogP contribution in [0.3, 0.4) is 0 Å². The van der Waals surface area contributed by atoms with Gasteiger partial charge >= 0.3 is 0 Å². The molecule has 0 radical (unpaired) electrons. The molecule has 0 aliphatic heterocycles. The van der Waals surface area contributed by atoms with E-state index in [2.05, 4.69) is 38.1 Å². The fraction of sp³-hybridized carbons (Fsp3) is 0.588. The summed E-state index contributed by atoms with van der Waals surface area (Å²) >= 11 is 0. The fourth-order valence-electron chi connectivity index (χ4n) is 2.28. The minimum absolute atomic E-state index is 0.0875. The summed E-state index contributed by atoms with van der Waals surface area (Å²) in [5.41, 5.74) is 8.27. The Morgan fingerprint density at radius 2 is 1.90 bits per heavy atom. The van der Waals surface area contributed by atoms with Crippen LogP contribution in [0.1, 0.15) is 44.2 Å². The first-order chi connectivity index (χ1) is 9.43. The van der Waals surface area contributed by atoms with Gasteiger partial charge in [-0.05, 0) is 38.7 Å². The summed E-state index contributed by atoms with van der Waals surface area (Å²) in [6, 6.07) is 8.90.